The highest BCUT2D eigenvalue weighted by Crippen LogP contribution is 2.05. The summed E-state index contributed by atoms with van der Waals surface area (Å²) in [6.07, 6.45) is 1.56. The number of hydrogen-bond acceptors (Lipinski definition) is 5. The van der Waals surface area contributed by atoms with Crippen LogP contribution in [0.2, 0.25) is 0 Å². The number of sulfonamides is 1. The number of carbonyl (C=O) groups is 1. The summed E-state index contributed by atoms with van der Waals surface area (Å²) in [5.74, 6) is -0.525. The van der Waals surface area contributed by atoms with Crippen molar-refractivity contribution in [3.63, 3.8) is 0 Å². The molecule has 20 heavy (non-hydrogen) atoms. The summed E-state index contributed by atoms with van der Waals surface area (Å²) in [4.78, 5) is 15.8. The number of amides is 1. The summed E-state index contributed by atoms with van der Waals surface area (Å²) < 4.78 is 24.2. The van der Waals surface area contributed by atoms with Crippen molar-refractivity contribution in [1.29, 1.82) is 0 Å². The van der Waals surface area contributed by atoms with E-state index in [9.17, 15) is 13.2 Å². The monoisotopic (exact) mass is 300 g/mol. The number of nitrogens with zero attached hydrogens (tertiary/aromatic N) is 2. The fraction of sp³-hybridized carbons (Fsp3) is 0.500. The predicted octanol–water partition coefficient (Wildman–Crippen LogP) is 0.135. The second-order valence-electron chi connectivity index (χ2n) is 4.32. The van der Waals surface area contributed by atoms with Gasteiger partial charge in [-0.3, -0.25) is 4.79 Å². The van der Waals surface area contributed by atoms with Crippen molar-refractivity contribution in [1.82, 2.24) is 14.6 Å². The van der Waals surface area contributed by atoms with E-state index < -0.39 is 10.0 Å². The molecule has 0 aliphatic heterocycles. The van der Waals surface area contributed by atoms with Crippen molar-refractivity contribution >= 4 is 21.6 Å². The summed E-state index contributed by atoms with van der Waals surface area (Å²) in [6, 6.07) is 3.34. The Morgan fingerprint density at radius 3 is 2.55 bits per heavy atom. The van der Waals surface area contributed by atoms with Crippen LogP contribution in [0.4, 0.5) is 5.69 Å². The quantitative estimate of drug-likeness (QED) is 0.747. The molecule has 0 bridgehead atoms. The number of pyridine rings is 1. The zero-order valence-electron chi connectivity index (χ0n) is 11.9. The number of anilines is 1. The largest absolute Gasteiger partial charge is 0.384 e. The Bertz CT molecular complexity index is 540. The van der Waals surface area contributed by atoms with Crippen molar-refractivity contribution in [2.45, 2.75) is 6.92 Å². The van der Waals surface area contributed by atoms with E-state index in [-0.39, 0.29) is 23.9 Å². The zero-order chi connectivity index (χ0) is 15.2. The molecule has 0 fully saturated rings. The fourth-order valence-electron chi connectivity index (χ4n) is 1.40. The smallest absolute Gasteiger partial charge is 0.269 e. The highest BCUT2D eigenvalue weighted by Gasteiger charge is 2.14. The molecule has 0 spiro atoms. The van der Waals surface area contributed by atoms with Gasteiger partial charge in [0.1, 0.15) is 5.69 Å². The van der Waals surface area contributed by atoms with Crippen molar-refractivity contribution < 1.29 is 13.2 Å². The first-order valence-corrected chi connectivity index (χ1v) is 7.86. The van der Waals surface area contributed by atoms with Crippen LogP contribution in [-0.2, 0) is 10.0 Å². The SMILES string of the molecule is CCNc1ccc(C(=O)NCCS(=O)(=O)N(C)C)nc1. The van der Waals surface area contributed by atoms with E-state index in [1.165, 1.54) is 14.1 Å². The van der Waals surface area contributed by atoms with Crippen molar-refractivity contribution in [3.8, 4) is 0 Å². The Hall–Kier alpha value is -1.67. The van der Waals surface area contributed by atoms with Crippen LogP contribution in [0.5, 0.6) is 0 Å². The van der Waals surface area contributed by atoms with Crippen molar-refractivity contribution in [2.24, 2.45) is 0 Å². The molecule has 0 atom stereocenters. The van der Waals surface area contributed by atoms with Gasteiger partial charge in [-0.05, 0) is 19.1 Å². The average Bonchev–Trinajstić information content (AvgIpc) is 2.39. The first-order valence-electron chi connectivity index (χ1n) is 6.25. The maximum atomic E-state index is 11.8. The third-order valence-corrected chi connectivity index (χ3v) is 4.41. The minimum Gasteiger partial charge on any atom is -0.384 e. The van der Waals surface area contributed by atoms with Crippen molar-refractivity contribution in [3.05, 3.63) is 24.0 Å². The predicted molar refractivity (Wildman–Crippen MR) is 78.2 cm³/mol. The minimum absolute atomic E-state index is 0.0516. The molecule has 8 heteroatoms. The highest BCUT2D eigenvalue weighted by molar-refractivity contribution is 7.89. The molecule has 112 valence electrons. The molecular formula is C12H20N4O3S. The average molecular weight is 300 g/mol. The van der Waals surface area contributed by atoms with Crippen LogP contribution in [0.15, 0.2) is 18.3 Å². The molecule has 1 amide bonds. The maximum Gasteiger partial charge on any atom is 0.269 e. The van der Waals surface area contributed by atoms with E-state index in [0.29, 0.717) is 0 Å². The molecule has 1 aromatic rings. The van der Waals surface area contributed by atoms with Crippen LogP contribution >= 0.6 is 0 Å². The van der Waals surface area contributed by atoms with Gasteiger partial charge in [0, 0.05) is 27.2 Å². The zero-order valence-corrected chi connectivity index (χ0v) is 12.7. The second kappa shape index (κ2) is 7.20. The molecular weight excluding hydrogens is 280 g/mol. The van der Waals surface area contributed by atoms with Crippen LogP contribution in [-0.4, -0.2) is 56.6 Å². The first-order chi connectivity index (χ1) is 9.36. The van der Waals surface area contributed by atoms with Gasteiger partial charge >= 0.3 is 0 Å². The van der Waals surface area contributed by atoms with Crippen LogP contribution in [0.1, 0.15) is 17.4 Å². The molecule has 0 aromatic carbocycles. The Morgan fingerprint density at radius 2 is 2.05 bits per heavy atom. The van der Waals surface area contributed by atoms with Gasteiger partial charge in [-0.25, -0.2) is 17.7 Å². The van der Waals surface area contributed by atoms with Crippen molar-refractivity contribution in [2.75, 3.05) is 38.3 Å². The molecule has 1 heterocycles. The molecule has 1 rings (SSSR count). The Morgan fingerprint density at radius 1 is 1.35 bits per heavy atom. The highest BCUT2D eigenvalue weighted by atomic mass is 32.2. The van der Waals surface area contributed by atoms with Crippen LogP contribution in [0, 0.1) is 0 Å². The van der Waals surface area contributed by atoms with E-state index in [1.807, 2.05) is 6.92 Å². The van der Waals surface area contributed by atoms with Gasteiger partial charge in [0.2, 0.25) is 10.0 Å². The molecule has 0 radical (unpaired) electrons. The van der Waals surface area contributed by atoms with Gasteiger partial charge in [0.05, 0.1) is 17.6 Å². The number of nitrogens with one attached hydrogen (secondary N) is 2. The van der Waals surface area contributed by atoms with Gasteiger partial charge in [0.15, 0.2) is 0 Å². The van der Waals surface area contributed by atoms with E-state index in [0.717, 1.165) is 16.5 Å². The van der Waals surface area contributed by atoms with Gasteiger partial charge in [-0.2, -0.15) is 0 Å². The molecule has 7 nitrogen and oxygen atoms in total. The van der Waals surface area contributed by atoms with E-state index >= 15 is 0 Å². The van der Waals surface area contributed by atoms with Crippen LogP contribution in [0.3, 0.4) is 0 Å². The third kappa shape index (κ3) is 4.78. The van der Waals surface area contributed by atoms with Gasteiger partial charge in [0.25, 0.3) is 5.91 Å². The van der Waals surface area contributed by atoms with E-state index in [4.69, 9.17) is 0 Å². The summed E-state index contributed by atoms with van der Waals surface area (Å²) >= 11 is 0. The normalized spacial score (nSPS) is 11.4. The molecule has 0 aliphatic carbocycles. The standard InChI is InChI=1S/C12H20N4O3S/c1-4-13-10-5-6-11(15-9-10)12(17)14-7-8-20(18,19)16(2)3/h5-6,9,13H,4,7-8H2,1-3H3,(H,14,17). The fourth-order valence-corrected chi connectivity index (χ4v) is 2.13. The topological polar surface area (TPSA) is 91.4 Å². The molecule has 2 N–H and O–H groups in total. The molecule has 0 saturated carbocycles. The van der Waals surface area contributed by atoms with Crippen LogP contribution in [0.25, 0.3) is 0 Å². The first kappa shape index (κ1) is 16.4. The number of carbonyl (C=O) groups excluding carboxylic acids is 1. The molecule has 0 aliphatic rings. The molecule has 0 unspecified atom stereocenters. The van der Waals surface area contributed by atoms with E-state index in [1.54, 1.807) is 18.3 Å². The minimum atomic E-state index is -3.30. The lowest BCUT2D eigenvalue weighted by molar-refractivity contribution is 0.0951. The third-order valence-electron chi connectivity index (χ3n) is 2.58. The summed E-state index contributed by atoms with van der Waals surface area (Å²) in [5, 5.41) is 5.60. The Kier molecular flexibility index (Phi) is 5.90. The second-order valence-corrected chi connectivity index (χ2v) is 6.62. The number of aromatic nitrogens is 1. The summed E-state index contributed by atoms with van der Waals surface area (Å²) in [7, 11) is -0.389. The Labute approximate surface area is 119 Å². The molecule has 1 aromatic heterocycles. The maximum absolute atomic E-state index is 11.8. The number of rotatable bonds is 7. The van der Waals surface area contributed by atoms with Gasteiger partial charge in [-0.15, -0.1) is 0 Å². The lowest BCUT2D eigenvalue weighted by atomic mass is 10.3. The van der Waals surface area contributed by atoms with Gasteiger partial charge in [-0.1, -0.05) is 0 Å². The molecule has 0 saturated heterocycles. The lowest BCUT2D eigenvalue weighted by Gasteiger charge is -2.11. The van der Waals surface area contributed by atoms with Gasteiger partial charge < -0.3 is 10.6 Å². The number of hydrogen-bond donors (Lipinski definition) is 2. The lowest BCUT2D eigenvalue weighted by Crippen LogP contribution is -2.34. The van der Waals surface area contributed by atoms with E-state index in [2.05, 4.69) is 15.6 Å². The van der Waals surface area contributed by atoms with Crippen LogP contribution < -0.4 is 10.6 Å². The Balaban J connectivity index is 2.51. The summed E-state index contributed by atoms with van der Waals surface area (Å²) in [6.45, 7) is 2.79. The summed E-state index contributed by atoms with van der Waals surface area (Å²) in [5.41, 5.74) is 1.09.